The maximum Gasteiger partial charge on any atom is 0.149 e. The minimum Gasteiger partial charge on any atom is -0.363 e. The largest absolute Gasteiger partial charge is 0.363 e. The van der Waals surface area contributed by atoms with E-state index < -0.39 is 11.6 Å². The van der Waals surface area contributed by atoms with Crippen LogP contribution >= 0.6 is 0 Å². The average Bonchev–Trinajstić information content (AvgIpc) is 2.11. The molecule has 0 atom stereocenters. The molecule has 0 bridgehead atoms. The summed E-state index contributed by atoms with van der Waals surface area (Å²) >= 11 is 0. The summed E-state index contributed by atoms with van der Waals surface area (Å²) in [6.07, 6.45) is 0. The van der Waals surface area contributed by atoms with Crippen molar-refractivity contribution in [3.63, 3.8) is 0 Å². The van der Waals surface area contributed by atoms with Gasteiger partial charge < -0.3 is 10.2 Å². The van der Waals surface area contributed by atoms with Gasteiger partial charge in [-0.1, -0.05) is 6.07 Å². The van der Waals surface area contributed by atoms with Gasteiger partial charge in [0.25, 0.3) is 0 Å². The van der Waals surface area contributed by atoms with Gasteiger partial charge in [0.05, 0.1) is 0 Å². The lowest BCUT2D eigenvalue weighted by Gasteiger charge is -2.49. The Bertz CT molecular complexity index is 419. The van der Waals surface area contributed by atoms with Gasteiger partial charge in [-0.2, -0.15) is 0 Å². The molecule has 1 N–H and O–H groups in total. The molecule has 2 nitrogen and oxygen atoms in total. The topological polar surface area (TPSA) is 15.3 Å². The molecule has 0 radical (unpaired) electrons. The highest BCUT2D eigenvalue weighted by Gasteiger charge is 2.38. The second-order valence-electron chi connectivity index (χ2n) is 6.32. The summed E-state index contributed by atoms with van der Waals surface area (Å²) in [4.78, 5) is 1.79. The van der Waals surface area contributed by atoms with Crippen LogP contribution < -0.4 is 10.2 Å². The average molecular weight is 254 g/mol. The Morgan fingerprint density at radius 1 is 1.00 bits per heavy atom. The molecule has 0 unspecified atom stereocenters. The standard InChI is InChI=1S/C14H20F2N2/c1-13(2)8-18(9-14(3,4)17-13)12-10(15)6-5-7-11(12)16/h5-7,17H,8-9H2,1-4H3. The van der Waals surface area contributed by atoms with E-state index >= 15 is 0 Å². The van der Waals surface area contributed by atoms with E-state index in [0.717, 1.165) is 0 Å². The van der Waals surface area contributed by atoms with Crippen LogP contribution in [-0.2, 0) is 0 Å². The molecule has 1 saturated heterocycles. The third-order valence-electron chi connectivity index (χ3n) is 3.10. The molecular formula is C14H20F2N2. The van der Waals surface area contributed by atoms with Crippen LogP contribution in [-0.4, -0.2) is 24.2 Å². The summed E-state index contributed by atoms with van der Waals surface area (Å²) in [7, 11) is 0. The summed E-state index contributed by atoms with van der Waals surface area (Å²) in [5, 5.41) is 3.48. The molecule has 0 aromatic heterocycles. The Morgan fingerprint density at radius 2 is 1.44 bits per heavy atom. The van der Waals surface area contributed by atoms with Gasteiger partial charge in [-0.25, -0.2) is 8.78 Å². The van der Waals surface area contributed by atoms with Crippen molar-refractivity contribution in [3.8, 4) is 0 Å². The Balaban J connectivity index is 2.39. The summed E-state index contributed by atoms with van der Waals surface area (Å²) in [5.41, 5.74) is -0.285. The molecule has 0 amide bonds. The Kier molecular flexibility index (Phi) is 3.09. The van der Waals surface area contributed by atoms with Gasteiger partial charge in [-0.05, 0) is 39.8 Å². The Hall–Kier alpha value is -1.16. The third-order valence-corrected chi connectivity index (χ3v) is 3.10. The minimum absolute atomic E-state index is 0.0835. The number of hydrogen-bond donors (Lipinski definition) is 1. The first-order chi connectivity index (χ1) is 8.20. The normalized spacial score (nSPS) is 22.0. The molecule has 2 rings (SSSR count). The van der Waals surface area contributed by atoms with Crippen molar-refractivity contribution < 1.29 is 8.78 Å². The smallest absolute Gasteiger partial charge is 0.149 e. The zero-order valence-electron chi connectivity index (χ0n) is 11.3. The second-order valence-corrected chi connectivity index (χ2v) is 6.32. The maximum atomic E-state index is 13.8. The van der Waals surface area contributed by atoms with Crippen molar-refractivity contribution in [2.24, 2.45) is 0 Å². The molecule has 1 aromatic rings. The number of halogens is 2. The fraction of sp³-hybridized carbons (Fsp3) is 0.571. The van der Waals surface area contributed by atoms with E-state index in [1.54, 1.807) is 4.90 Å². The number of hydrogen-bond acceptors (Lipinski definition) is 2. The van der Waals surface area contributed by atoms with Gasteiger partial charge >= 0.3 is 0 Å². The zero-order valence-corrected chi connectivity index (χ0v) is 11.3. The van der Waals surface area contributed by atoms with E-state index in [4.69, 9.17) is 0 Å². The first-order valence-electron chi connectivity index (χ1n) is 6.19. The molecule has 1 aliphatic rings. The van der Waals surface area contributed by atoms with Crippen molar-refractivity contribution in [2.75, 3.05) is 18.0 Å². The van der Waals surface area contributed by atoms with Gasteiger partial charge in [0.1, 0.15) is 17.3 Å². The van der Waals surface area contributed by atoms with E-state index in [-0.39, 0.29) is 16.8 Å². The predicted molar refractivity (Wildman–Crippen MR) is 69.9 cm³/mol. The van der Waals surface area contributed by atoms with E-state index in [1.807, 2.05) is 27.7 Å². The highest BCUT2D eigenvalue weighted by Crippen LogP contribution is 2.30. The maximum absolute atomic E-state index is 13.8. The molecule has 1 aromatic carbocycles. The van der Waals surface area contributed by atoms with Crippen LogP contribution in [0.4, 0.5) is 14.5 Å². The quantitative estimate of drug-likeness (QED) is 0.829. The number of nitrogens with zero attached hydrogens (tertiary/aromatic N) is 1. The number of anilines is 1. The molecule has 100 valence electrons. The summed E-state index contributed by atoms with van der Waals surface area (Å²) in [6.45, 7) is 9.32. The van der Waals surface area contributed by atoms with E-state index in [2.05, 4.69) is 5.32 Å². The van der Waals surface area contributed by atoms with Crippen molar-refractivity contribution in [1.29, 1.82) is 0 Å². The first kappa shape index (κ1) is 13.3. The molecule has 4 heteroatoms. The predicted octanol–water partition coefficient (Wildman–Crippen LogP) is 2.93. The van der Waals surface area contributed by atoms with E-state index in [9.17, 15) is 8.78 Å². The van der Waals surface area contributed by atoms with Gasteiger partial charge in [0, 0.05) is 24.2 Å². The number of benzene rings is 1. The lowest BCUT2D eigenvalue weighted by atomic mass is 9.91. The molecule has 18 heavy (non-hydrogen) atoms. The number of para-hydroxylation sites is 1. The second kappa shape index (κ2) is 4.19. The lowest BCUT2D eigenvalue weighted by Crippen LogP contribution is -2.67. The summed E-state index contributed by atoms with van der Waals surface area (Å²) < 4.78 is 27.7. The Morgan fingerprint density at radius 3 is 1.89 bits per heavy atom. The molecule has 1 heterocycles. The van der Waals surface area contributed by atoms with Crippen LogP contribution in [0.1, 0.15) is 27.7 Å². The number of rotatable bonds is 1. The molecule has 1 aliphatic heterocycles. The van der Waals surface area contributed by atoms with Gasteiger partial charge in [0.15, 0.2) is 0 Å². The summed E-state index contributed by atoms with van der Waals surface area (Å²) in [5.74, 6) is -0.994. The van der Waals surface area contributed by atoms with Crippen LogP contribution in [0.2, 0.25) is 0 Å². The summed E-state index contributed by atoms with van der Waals surface area (Å²) in [6, 6.07) is 4.01. The van der Waals surface area contributed by atoms with Gasteiger partial charge in [-0.15, -0.1) is 0 Å². The molecule has 0 aliphatic carbocycles. The monoisotopic (exact) mass is 254 g/mol. The third kappa shape index (κ3) is 2.64. The van der Waals surface area contributed by atoms with Gasteiger partial charge in [0.2, 0.25) is 0 Å². The van der Waals surface area contributed by atoms with E-state index in [0.29, 0.717) is 13.1 Å². The lowest BCUT2D eigenvalue weighted by molar-refractivity contribution is 0.224. The van der Waals surface area contributed by atoms with Crippen LogP contribution in [0.25, 0.3) is 0 Å². The molecule has 0 spiro atoms. The highest BCUT2D eigenvalue weighted by molar-refractivity contribution is 5.50. The van der Waals surface area contributed by atoms with Crippen LogP contribution in [0.3, 0.4) is 0 Å². The number of nitrogens with one attached hydrogen (secondary N) is 1. The molecule has 1 fully saturated rings. The SMILES string of the molecule is CC1(C)CN(c2c(F)cccc2F)CC(C)(C)N1. The molecular weight excluding hydrogens is 234 g/mol. The van der Waals surface area contributed by atoms with Crippen LogP contribution in [0.5, 0.6) is 0 Å². The van der Waals surface area contributed by atoms with Crippen molar-refractivity contribution in [3.05, 3.63) is 29.8 Å². The van der Waals surface area contributed by atoms with Crippen molar-refractivity contribution >= 4 is 5.69 Å². The van der Waals surface area contributed by atoms with Crippen molar-refractivity contribution in [1.82, 2.24) is 5.32 Å². The first-order valence-corrected chi connectivity index (χ1v) is 6.19. The van der Waals surface area contributed by atoms with Crippen LogP contribution in [0.15, 0.2) is 18.2 Å². The fourth-order valence-electron chi connectivity index (χ4n) is 2.95. The van der Waals surface area contributed by atoms with Crippen molar-refractivity contribution in [2.45, 2.75) is 38.8 Å². The van der Waals surface area contributed by atoms with Crippen LogP contribution in [0, 0.1) is 11.6 Å². The fourth-order valence-corrected chi connectivity index (χ4v) is 2.95. The van der Waals surface area contributed by atoms with Gasteiger partial charge in [-0.3, -0.25) is 0 Å². The van der Waals surface area contributed by atoms with E-state index in [1.165, 1.54) is 18.2 Å². The Labute approximate surface area is 107 Å². The zero-order chi connectivity index (χ0) is 13.6. The minimum atomic E-state index is -0.497. The number of piperazine rings is 1. The molecule has 0 saturated carbocycles. The highest BCUT2D eigenvalue weighted by atomic mass is 19.1.